The summed E-state index contributed by atoms with van der Waals surface area (Å²) in [5.74, 6) is 0.891. The molecule has 1 amide bonds. The lowest BCUT2D eigenvalue weighted by Crippen LogP contribution is -2.16. The molecular weight excluding hydrogens is 334 g/mol. The van der Waals surface area contributed by atoms with Crippen molar-refractivity contribution in [2.75, 3.05) is 19.0 Å². The molecule has 1 N–H and O–H groups in total. The summed E-state index contributed by atoms with van der Waals surface area (Å²) in [5, 5.41) is 3.37. The summed E-state index contributed by atoms with van der Waals surface area (Å²) in [6, 6.07) is 11.6. The quantitative estimate of drug-likeness (QED) is 0.707. The highest BCUT2D eigenvalue weighted by Gasteiger charge is 2.15. The zero-order chi connectivity index (χ0) is 18.7. The average molecular weight is 353 g/mol. The minimum Gasteiger partial charge on any atom is -0.497 e. The molecule has 134 valence electrons. The molecule has 0 fully saturated rings. The molecule has 26 heavy (non-hydrogen) atoms. The minimum atomic E-state index is -0.595. The van der Waals surface area contributed by atoms with Gasteiger partial charge in [-0.3, -0.25) is 4.79 Å². The summed E-state index contributed by atoms with van der Waals surface area (Å²) >= 11 is 0. The summed E-state index contributed by atoms with van der Waals surface area (Å²) in [4.78, 5) is 24.6. The van der Waals surface area contributed by atoms with E-state index in [0.29, 0.717) is 34.8 Å². The van der Waals surface area contributed by atoms with E-state index in [-0.39, 0.29) is 11.5 Å². The summed E-state index contributed by atoms with van der Waals surface area (Å²) in [7, 11) is 1.58. The molecule has 0 spiro atoms. The van der Waals surface area contributed by atoms with Gasteiger partial charge in [-0.15, -0.1) is 0 Å². The molecule has 0 aliphatic rings. The molecule has 0 saturated heterocycles. The van der Waals surface area contributed by atoms with E-state index in [9.17, 15) is 9.59 Å². The van der Waals surface area contributed by atoms with E-state index in [4.69, 9.17) is 13.9 Å². The van der Waals surface area contributed by atoms with E-state index >= 15 is 0 Å². The third-order valence-electron chi connectivity index (χ3n) is 3.95. The Bertz CT molecular complexity index is 1020. The van der Waals surface area contributed by atoms with Crippen LogP contribution in [-0.4, -0.2) is 19.6 Å². The molecule has 6 nitrogen and oxygen atoms in total. The van der Waals surface area contributed by atoms with Crippen molar-refractivity contribution in [3.8, 4) is 11.5 Å². The third-order valence-corrected chi connectivity index (χ3v) is 3.95. The van der Waals surface area contributed by atoms with Gasteiger partial charge in [0.05, 0.1) is 19.3 Å². The van der Waals surface area contributed by atoms with E-state index in [2.05, 4.69) is 5.32 Å². The Hall–Kier alpha value is -3.28. The van der Waals surface area contributed by atoms with Crippen LogP contribution in [0.3, 0.4) is 0 Å². The van der Waals surface area contributed by atoms with E-state index in [0.717, 1.165) is 5.56 Å². The molecule has 3 aromatic rings. The van der Waals surface area contributed by atoms with Crippen molar-refractivity contribution in [3.63, 3.8) is 0 Å². The fourth-order valence-electron chi connectivity index (χ4n) is 2.68. The highest BCUT2D eigenvalue weighted by Crippen LogP contribution is 2.25. The topological polar surface area (TPSA) is 77.8 Å². The fourth-order valence-corrected chi connectivity index (χ4v) is 2.68. The lowest BCUT2D eigenvalue weighted by Gasteiger charge is -2.11. The van der Waals surface area contributed by atoms with Crippen LogP contribution in [0.25, 0.3) is 11.0 Å². The molecule has 0 aliphatic carbocycles. The highest BCUT2D eigenvalue weighted by atomic mass is 16.5. The molecule has 0 bridgehead atoms. The largest absolute Gasteiger partial charge is 0.497 e. The first-order valence-corrected chi connectivity index (χ1v) is 8.18. The number of rotatable bonds is 5. The average Bonchev–Trinajstić information content (AvgIpc) is 2.62. The summed E-state index contributed by atoms with van der Waals surface area (Å²) < 4.78 is 15.8. The summed E-state index contributed by atoms with van der Waals surface area (Å²) in [6.45, 7) is 4.22. The van der Waals surface area contributed by atoms with Crippen LogP contribution in [0.4, 0.5) is 5.69 Å². The summed E-state index contributed by atoms with van der Waals surface area (Å²) in [5.41, 5.74) is 1.45. The van der Waals surface area contributed by atoms with Gasteiger partial charge in [0, 0.05) is 23.2 Å². The first-order valence-electron chi connectivity index (χ1n) is 8.18. The van der Waals surface area contributed by atoms with E-state index in [1.807, 2.05) is 19.9 Å². The van der Waals surface area contributed by atoms with Crippen molar-refractivity contribution in [3.05, 3.63) is 64.0 Å². The van der Waals surface area contributed by atoms with Crippen LogP contribution in [0.1, 0.15) is 22.8 Å². The van der Waals surface area contributed by atoms with Crippen LogP contribution in [-0.2, 0) is 0 Å². The van der Waals surface area contributed by atoms with Crippen molar-refractivity contribution < 1.29 is 18.7 Å². The second-order valence-corrected chi connectivity index (χ2v) is 5.71. The molecular formula is C20H19NO5. The number of aryl methyl sites for hydroxylation is 1. The number of anilines is 1. The number of nitrogens with one attached hydrogen (secondary N) is 1. The smallest absolute Gasteiger partial charge is 0.337 e. The number of methoxy groups -OCH3 is 1. The van der Waals surface area contributed by atoms with Gasteiger partial charge in [0.15, 0.2) is 0 Å². The van der Waals surface area contributed by atoms with Crippen molar-refractivity contribution in [1.29, 1.82) is 0 Å². The SMILES string of the molecule is CCOc1ccc2c(C(=O)Nc3ccc(OC)cc3C)cc(=O)oc2c1. The van der Waals surface area contributed by atoms with Gasteiger partial charge in [0.2, 0.25) is 0 Å². The monoisotopic (exact) mass is 353 g/mol. The van der Waals surface area contributed by atoms with Gasteiger partial charge < -0.3 is 19.2 Å². The molecule has 1 heterocycles. The number of fused-ring (bicyclic) bond motifs is 1. The van der Waals surface area contributed by atoms with E-state index in [1.165, 1.54) is 6.07 Å². The normalized spacial score (nSPS) is 10.6. The lowest BCUT2D eigenvalue weighted by molar-refractivity contribution is 0.102. The van der Waals surface area contributed by atoms with Crippen LogP contribution < -0.4 is 20.4 Å². The van der Waals surface area contributed by atoms with Gasteiger partial charge in [-0.25, -0.2) is 4.79 Å². The van der Waals surface area contributed by atoms with Gasteiger partial charge in [-0.2, -0.15) is 0 Å². The van der Waals surface area contributed by atoms with Crippen LogP contribution >= 0.6 is 0 Å². The Morgan fingerprint density at radius 3 is 2.58 bits per heavy atom. The number of hydrogen-bond acceptors (Lipinski definition) is 5. The standard InChI is InChI=1S/C20H19NO5/c1-4-25-14-5-7-15-16(11-19(22)26-18(15)10-14)20(23)21-17-8-6-13(24-3)9-12(17)2/h5-11H,4H2,1-3H3,(H,21,23). The Morgan fingerprint density at radius 2 is 1.88 bits per heavy atom. The maximum absolute atomic E-state index is 12.7. The fraction of sp³-hybridized carbons (Fsp3) is 0.200. The molecule has 1 aromatic heterocycles. The second-order valence-electron chi connectivity index (χ2n) is 5.71. The predicted octanol–water partition coefficient (Wildman–Crippen LogP) is 3.76. The zero-order valence-electron chi connectivity index (χ0n) is 14.8. The molecule has 0 unspecified atom stereocenters. The lowest BCUT2D eigenvalue weighted by atomic mass is 10.1. The van der Waals surface area contributed by atoms with Gasteiger partial charge in [0.25, 0.3) is 5.91 Å². The van der Waals surface area contributed by atoms with Gasteiger partial charge in [-0.1, -0.05) is 0 Å². The second kappa shape index (κ2) is 7.31. The maximum Gasteiger partial charge on any atom is 0.337 e. The molecule has 0 radical (unpaired) electrons. The van der Waals surface area contributed by atoms with Gasteiger partial charge in [0.1, 0.15) is 17.1 Å². The molecule has 2 aromatic carbocycles. The molecule has 3 rings (SSSR count). The molecule has 6 heteroatoms. The van der Waals surface area contributed by atoms with Crippen LogP contribution in [0.5, 0.6) is 11.5 Å². The number of ether oxygens (including phenoxy) is 2. The van der Waals surface area contributed by atoms with Crippen molar-refractivity contribution in [2.24, 2.45) is 0 Å². The van der Waals surface area contributed by atoms with E-state index in [1.54, 1.807) is 37.4 Å². The Morgan fingerprint density at radius 1 is 1.12 bits per heavy atom. The zero-order valence-corrected chi connectivity index (χ0v) is 14.8. The maximum atomic E-state index is 12.7. The number of carbonyl (C=O) groups excluding carboxylic acids is 1. The summed E-state index contributed by atoms with van der Waals surface area (Å²) in [6.07, 6.45) is 0. The molecule has 0 aliphatic heterocycles. The van der Waals surface area contributed by atoms with Gasteiger partial charge >= 0.3 is 5.63 Å². The van der Waals surface area contributed by atoms with Crippen molar-refractivity contribution >= 4 is 22.6 Å². The van der Waals surface area contributed by atoms with Crippen molar-refractivity contribution in [2.45, 2.75) is 13.8 Å². The third kappa shape index (κ3) is 3.54. The number of hydrogen-bond donors (Lipinski definition) is 1. The number of benzene rings is 2. The number of carbonyl (C=O) groups is 1. The Labute approximate surface area is 150 Å². The Balaban J connectivity index is 1.99. The minimum absolute atomic E-state index is 0.245. The van der Waals surface area contributed by atoms with Crippen molar-refractivity contribution in [1.82, 2.24) is 0 Å². The van der Waals surface area contributed by atoms with Gasteiger partial charge in [-0.05, 0) is 49.7 Å². The molecule has 0 saturated carbocycles. The van der Waals surface area contributed by atoms with Crippen LogP contribution in [0, 0.1) is 6.92 Å². The van der Waals surface area contributed by atoms with Crippen LogP contribution in [0.15, 0.2) is 51.7 Å². The molecule has 0 atom stereocenters. The first-order chi connectivity index (χ1) is 12.5. The van der Waals surface area contributed by atoms with E-state index < -0.39 is 5.63 Å². The highest BCUT2D eigenvalue weighted by molar-refractivity contribution is 6.12. The Kier molecular flexibility index (Phi) is 4.93. The first kappa shape index (κ1) is 17.5. The predicted molar refractivity (Wildman–Crippen MR) is 99.3 cm³/mol. The van der Waals surface area contributed by atoms with Crippen LogP contribution in [0.2, 0.25) is 0 Å². The number of amides is 1.